The number of furan rings is 1. The van der Waals surface area contributed by atoms with Gasteiger partial charge in [-0.15, -0.1) is 10.2 Å². The first-order valence-corrected chi connectivity index (χ1v) is 8.73. The fraction of sp³-hybridized carbons (Fsp3) is 0.235. The van der Waals surface area contributed by atoms with Gasteiger partial charge in [-0.25, -0.2) is 4.39 Å². The van der Waals surface area contributed by atoms with E-state index in [1.54, 1.807) is 31.4 Å². The molecule has 130 valence electrons. The minimum Gasteiger partial charge on any atom is -0.461 e. The first-order valence-electron chi connectivity index (χ1n) is 7.74. The Hall–Kier alpha value is -2.61. The van der Waals surface area contributed by atoms with Crippen molar-refractivity contribution in [3.05, 3.63) is 48.0 Å². The molecule has 8 heteroatoms. The molecule has 6 nitrogen and oxygen atoms in total. The fourth-order valence-corrected chi connectivity index (χ4v) is 3.07. The number of hydrogen-bond acceptors (Lipinski definition) is 5. The number of aryl methyl sites for hydroxylation is 1. The molecule has 1 aromatic carbocycles. The summed E-state index contributed by atoms with van der Waals surface area (Å²) in [6, 6.07) is 8.20. The Bertz CT molecular complexity index is 877. The lowest BCUT2D eigenvalue weighted by molar-refractivity contribution is -0.113. The Kier molecular flexibility index (Phi) is 5.18. The predicted octanol–water partition coefficient (Wildman–Crippen LogP) is 3.74. The van der Waals surface area contributed by atoms with Crippen LogP contribution in [-0.2, 0) is 11.3 Å². The zero-order valence-electron chi connectivity index (χ0n) is 13.8. The summed E-state index contributed by atoms with van der Waals surface area (Å²) >= 11 is 1.27. The Balaban J connectivity index is 1.65. The van der Waals surface area contributed by atoms with Gasteiger partial charge in [0.25, 0.3) is 0 Å². The Labute approximate surface area is 148 Å². The molecule has 0 aliphatic carbocycles. The molecule has 0 aliphatic rings. The van der Waals surface area contributed by atoms with Crippen molar-refractivity contribution < 1.29 is 13.6 Å². The molecule has 25 heavy (non-hydrogen) atoms. The molecule has 2 heterocycles. The maximum atomic E-state index is 13.5. The summed E-state index contributed by atoms with van der Waals surface area (Å²) in [4.78, 5) is 12.1. The van der Waals surface area contributed by atoms with E-state index >= 15 is 0 Å². The molecular formula is C17H17FN4O2S. The van der Waals surface area contributed by atoms with Gasteiger partial charge in [0.1, 0.15) is 5.82 Å². The summed E-state index contributed by atoms with van der Waals surface area (Å²) < 4.78 is 20.8. The van der Waals surface area contributed by atoms with Crippen LogP contribution in [0.4, 0.5) is 10.1 Å². The summed E-state index contributed by atoms with van der Waals surface area (Å²) in [5, 5.41) is 11.6. The maximum absolute atomic E-state index is 13.5. The molecule has 1 N–H and O–H groups in total. The van der Waals surface area contributed by atoms with Crippen molar-refractivity contribution in [3.8, 4) is 11.6 Å². The van der Waals surface area contributed by atoms with Crippen LogP contribution in [0.3, 0.4) is 0 Å². The van der Waals surface area contributed by atoms with Gasteiger partial charge >= 0.3 is 0 Å². The first kappa shape index (κ1) is 17.2. The van der Waals surface area contributed by atoms with E-state index in [9.17, 15) is 9.18 Å². The summed E-state index contributed by atoms with van der Waals surface area (Å²) in [5.41, 5.74) is 0.968. The number of hydrogen-bond donors (Lipinski definition) is 1. The highest BCUT2D eigenvalue weighted by atomic mass is 32.2. The van der Waals surface area contributed by atoms with E-state index in [0.29, 0.717) is 34.5 Å². The van der Waals surface area contributed by atoms with Gasteiger partial charge < -0.3 is 9.73 Å². The van der Waals surface area contributed by atoms with Crippen molar-refractivity contribution in [3.63, 3.8) is 0 Å². The van der Waals surface area contributed by atoms with Gasteiger partial charge in [0, 0.05) is 12.2 Å². The number of nitrogens with zero attached hydrogens (tertiary/aromatic N) is 3. The SMILES string of the molecule is CCn1c(SCC(=O)Nc2ccc(C)c(F)c2)nnc1-c1ccco1. The molecule has 0 fully saturated rings. The average molecular weight is 360 g/mol. The number of halogens is 1. The number of carbonyl (C=O) groups excluding carboxylic acids is 1. The second-order valence-corrected chi connectivity index (χ2v) is 6.27. The van der Waals surface area contributed by atoms with Gasteiger partial charge in [0.2, 0.25) is 5.91 Å². The number of carbonyl (C=O) groups is 1. The van der Waals surface area contributed by atoms with Crippen molar-refractivity contribution in [1.82, 2.24) is 14.8 Å². The maximum Gasteiger partial charge on any atom is 0.234 e. The number of amides is 1. The number of rotatable bonds is 6. The van der Waals surface area contributed by atoms with Crippen molar-refractivity contribution >= 4 is 23.4 Å². The minimum absolute atomic E-state index is 0.145. The largest absolute Gasteiger partial charge is 0.461 e. The van der Waals surface area contributed by atoms with Gasteiger partial charge in [0.05, 0.1) is 12.0 Å². The molecule has 0 atom stereocenters. The molecule has 0 bridgehead atoms. The highest BCUT2D eigenvalue weighted by molar-refractivity contribution is 7.99. The summed E-state index contributed by atoms with van der Waals surface area (Å²) in [5.74, 6) is 0.806. The minimum atomic E-state index is -0.348. The molecule has 0 radical (unpaired) electrons. The lowest BCUT2D eigenvalue weighted by Crippen LogP contribution is -2.14. The van der Waals surface area contributed by atoms with E-state index in [-0.39, 0.29) is 17.5 Å². The zero-order valence-corrected chi connectivity index (χ0v) is 14.6. The molecule has 0 saturated carbocycles. The molecule has 0 unspecified atom stereocenters. The van der Waals surface area contributed by atoms with Crippen LogP contribution in [0.15, 0.2) is 46.2 Å². The number of aromatic nitrogens is 3. The van der Waals surface area contributed by atoms with Crippen LogP contribution in [0.25, 0.3) is 11.6 Å². The summed E-state index contributed by atoms with van der Waals surface area (Å²) in [6.07, 6.45) is 1.57. The highest BCUT2D eigenvalue weighted by Crippen LogP contribution is 2.24. The summed E-state index contributed by atoms with van der Waals surface area (Å²) in [7, 11) is 0. The van der Waals surface area contributed by atoms with Crippen molar-refractivity contribution in [2.45, 2.75) is 25.5 Å². The highest BCUT2D eigenvalue weighted by Gasteiger charge is 2.16. The van der Waals surface area contributed by atoms with Gasteiger partial charge in [0.15, 0.2) is 16.7 Å². The molecule has 1 amide bonds. The molecule has 3 rings (SSSR count). The van der Waals surface area contributed by atoms with Crippen LogP contribution in [-0.4, -0.2) is 26.4 Å². The predicted molar refractivity (Wildman–Crippen MR) is 93.9 cm³/mol. The molecular weight excluding hydrogens is 343 g/mol. The van der Waals surface area contributed by atoms with Gasteiger partial charge in [-0.1, -0.05) is 17.8 Å². The Morgan fingerprint density at radius 3 is 2.88 bits per heavy atom. The van der Waals surface area contributed by atoms with Crippen LogP contribution in [0.5, 0.6) is 0 Å². The van der Waals surface area contributed by atoms with Gasteiger partial charge in [-0.05, 0) is 43.7 Å². The number of anilines is 1. The second-order valence-electron chi connectivity index (χ2n) is 5.33. The number of benzene rings is 1. The lowest BCUT2D eigenvalue weighted by Gasteiger charge is -2.07. The third-order valence-corrected chi connectivity index (χ3v) is 4.53. The average Bonchev–Trinajstić information content (AvgIpc) is 3.24. The molecule has 2 aromatic heterocycles. The number of thioether (sulfide) groups is 1. The molecule has 0 spiro atoms. The van der Waals surface area contributed by atoms with Crippen LogP contribution < -0.4 is 5.32 Å². The smallest absolute Gasteiger partial charge is 0.234 e. The van der Waals surface area contributed by atoms with E-state index < -0.39 is 0 Å². The van der Waals surface area contributed by atoms with E-state index in [1.807, 2.05) is 17.6 Å². The normalized spacial score (nSPS) is 10.8. The van der Waals surface area contributed by atoms with Crippen molar-refractivity contribution in [2.24, 2.45) is 0 Å². The van der Waals surface area contributed by atoms with Crippen LogP contribution in [0.2, 0.25) is 0 Å². The second kappa shape index (κ2) is 7.52. The monoisotopic (exact) mass is 360 g/mol. The molecule has 0 saturated heterocycles. The van der Waals surface area contributed by atoms with Crippen LogP contribution in [0.1, 0.15) is 12.5 Å². The van der Waals surface area contributed by atoms with Crippen molar-refractivity contribution in [1.29, 1.82) is 0 Å². The Morgan fingerprint density at radius 2 is 2.20 bits per heavy atom. The number of nitrogens with one attached hydrogen (secondary N) is 1. The van der Waals surface area contributed by atoms with Crippen LogP contribution >= 0.6 is 11.8 Å². The van der Waals surface area contributed by atoms with Gasteiger partial charge in [-0.2, -0.15) is 0 Å². The molecule has 3 aromatic rings. The topological polar surface area (TPSA) is 73.0 Å². The third-order valence-electron chi connectivity index (χ3n) is 3.56. The van der Waals surface area contributed by atoms with E-state index in [0.717, 1.165) is 0 Å². The summed E-state index contributed by atoms with van der Waals surface area (Å²) in [6.45, 7) is 4.29. The lowest BCUT2D eigenvalue weighted by atomic mass is 10.2. The Morgan fingerprint density at radius 1 is 1.36 bits per heavy atom. The third kappa shape index (κ3) is 3.90. The quantitative estimate of drug-likeness (QED) is 0.678. The molecule has 0 aliphatic heterocycles. The van der Waals surface area contributed by atoms with Crippen LogP contribution in [0, 0.1) is 12.7 Å². The first-order chi connectivity index (χ1) is 12.1. The van der Waals surface area contributed by atoms with E-state index in [2.05, 4.69) is 15.5 Å². The van der Waals surface area contributed by atoms with E-state index in [1.165, 1.54) is 17.8 Å². The van der Waals surface area contributed by atoms with E-state index in [4.69, 9.17) is 4.42 Å². The fourth-order valence-electron chi connectivity index (χ4n) is 2.27. The van der Waals surface area contributed by atoms with Gasteiger partial charge in [-0.3, -0.25) is 9.36 Å². The standard InChI is InChI=1S/C17H17FN4O2S/c1-3-22-16(14-5-4-8-24-14)20-21-17(22)25-10-15(23)19-12-7-6-11(2)13(18)9-12/h4-9H,3,10H2,1-2H3,(H,19,23). The van der Waals surface area contributed by atoms with Crippen molar-refractivity contribution in [2.75, 3.05) is 11.1 Å². The zero-order chi connectivity index (χ0) is 17.8.